The highest BCUT2D eigenvalue weighted by Gasteiger charge is 2.24. The molecule has 0 rings (SSSR count). The topological polar surface area (TPSA) is 26.3 Å². The lowest BCUT2D eigenvalue weighted by Gasteiger charge is -2.27. The largest absolute Gasteiger partial charge is 0.524 e. The number of carbonyl (C=O) groups is 1. The van der Waals surface area contributed by atoms with Gasteiger partial charge in [0.05, 0.1) is 6.92 Å². The Morgan fingerprint density at radius 2 is 2.00 bits per heavy atom. The minimum absolute atomic E-state index is 0.188. The molecule has 65 valence electrons. The molecule has 0 bridgehead atoms. The Kier molecular flexibility index (Phi) is 3.79. The molecule has 0 saturated carbocycles. The summed E-state index contributed by atoms with van der Waals surface area (Å²) in [4.78, 5) is 10.4. The van der Waals surface area contributed by atoms with E-state index in [4.69, 9.17) is 4.43 Å². The normalized spacial score (nSPS) is 12.9. The highest BCUT2D eigenvalue weighted by atomic mass is 28.2. The Morgan fingerprint density at radius 3 is 2.27 bits per heavy atom. The van der Waals surface area contributed by atoms with Crippen LogP contribution in [-0.4, -0.2) is 15.7 Å². The highest BCUT2D eigenvalue weighted by molar-refractivity contribution is 6.35. The van der Waals surface area contributed by atoms with Crippen LogP contribution in [0.25, 0.3) is 0 Å². The van der Waals surface area contributed by atoms with E-state index in [2.05, 4.69) is 34.6 Å². The van der Waals surface area contributed by atoms with Crippen LogP contribution < -0.4 is 0 Å². The summed E-state index contributed by atoms with van der Waals surface area (Å²) in [5.41, 5.74) is 0. The van der Waals surface area contributed by atoms with Gasteiger partial charge in [-0.3, -0.25) is 4.79 Å². The second-order valence-corrected chi connectivity index (χ2v) is 6.20. The van der Waals surface area contributed by atoms with Crippen molar-refractivity contribution in [3.63, 3.8) is 0 Å². The Bertz CT molecular complexity index is 141. The van der Waals surface area contributed by atoms with Crippen molar-refractivity contribution < 1.29 is 9.22 Å². The molecule has 0 saturated heterocycles. The summed E-state index contributed by atoms with van der Waals surface area (Å²) in [6.07, 6.45) is 0. The SMILES string of the molecule is [CH2]C(=O)O[SiH2]C(C)(C)C(C)C. The van der Waals surface area contributed by atoms with Crippen LogP contribution in [0.5, 0.6) is 0 Å². The number of carbonyl (C=O) groups excluding carboxylic acids is 1. The smallest absolute Gasteiger partial charge is 0.292 e. The van der Waals surface area contributed by atoms with Gasteiger partial charge in [-0.25, -0.2) is 0 Å². The lowest BCUT2D eigenvalue weighted by Crippen LogP contribution is -2.23. The van der Waals surface area contributed by atoms with Crippen LogP contribution in [0, 0.1) is 12.8 Å². The maximum absolute atomic E-state index is 10.4. The Morgan fingerprint density at radius 1 is 1.55 bits per heavy atom. The van der Waals surface area contributed by atoms with Crippen molar-refractivity contribution in [3.05, 3.63) is 6.92 Å². The highest BCUT2D eigenvalue weighted by Crippen LogP contribution is 2.32. The number of hydrogen-bond donors (Lipinski definition) is 0. The second kappa shape index (κ2) is 3.90. The molecule has 0 N–H and O–H groups in total. The molecule has 0 atom stereocenters. The first-order valence-corrected chi connectivity index (χ1v) is 5.13. The lowest BCUT2D eigenvalue weighted by molar-refractivity contribution is -0.129. The molecule has 0 fully saturated rings. The average Bonchev–Trinajstić information content (AvgIpc) is 1.84. The van der Waals surface area contributed by atoms with E-state index in [1.807, 2.05) is 0 Å². The fourth-order valence-corrected chi connectivity index (χ4v) is 1.30. The van der Waals surface area contributed by atoms with Crippen molar-refractivity contribution in [1.82, 2.24) is 0 Å². The van der Waals surface area contributed by atoms with Gasteiger partial charge in [-0.2, -0.15) is 0 Å². The van der Waals surface area contributed by atoms with Crippen LogP contribution in [0.4, 0.5) is 0 Å². The molecule has 0 aliphatic rings. The molecular formula is C8H17O2Si. The molecule has 0 aromatic heterocycles. The van der Waals surface area contributed by atoms with Gasteiger partial charge in [-0.05, 0) is 11.0 Å². The third kappa shape index (κ3) is 4.19. The summed E-state index contributed by atoms with van der Waals surface area (Å²) in [7, 11) is -0.768. The van der Waals surface area contributed by atoms with Crippen LogP contribution in [0.15, 0.2) is 0 Å². The summed E-state index contributed by atoms with van der Waals surface area (Å²) in [5, 5.41) is 0.188. The van der Waals surface area contributed by atoms with Gasteiger partial charge in [0, 0.05) is 0 Å². The zero-order valence-electron chi connectivity index (χ0n) is 7.81. The zero-order valence-corrected chi connectivity index (χ0v) is 9.22. The zero-order chi connectivity index (χ0) is 9.07. The summed E-state index contributed by atoms with van der Waals surface area (Å²) in [5.74, 6) is 0.180. The third-order valence-electron chi connectivity index (χ3n) is 2.17. The predicted molar refractivity (Wildman–Crippen MR) is 48.9 cm³/mol. The molecule has 11 heavy (non-hydrogen) atoms. The Hall–Kier alpha value is -0.313. The van der Waals surface area contributed by atoms with Crippen LogP contribution in [0.2, 0.25) is 5.04 Å². The molecule has 1 radical (unpaired) electrons. The summed E-state index contributed by atoms with van der Waals surface area (Å²) >= 11 is 0. The van der Waals surface area contributed by atoms with Gasteiger partial charge >= 0.3 is 0 Å². The Balaban J connectivity index is 3.82. The van der Waals surface area contributed by atoms with Crippen molar-refractivity contribution in [1.29, 1.82) is 0 Å². The van der Waals surface area contributed by atoms with Crippen LogP contribution in [0.3, 0.4) is 0 Å². The van der Waals surface area contributed by atoms with E-state index >= 15 is 0 Å². The molecular weight excluding hydrogens is 156 g/mol. The molecule has 0 aromatic rings. The quantitative estimate of drug-likeness (QED) is 0.601. The van der Waals surface area contributed by atoms with E-state index in [9.17, 15) is 4.79 Å². The molecule has 0 aromatic carbocycles. The van der Waals surface area contributed by atoms with Crippen molar-refractivity contribution >= 4 is 15.7 Å². The van der Waals surface area contributed by atoms with Crippen LogP contribution in [0.1, 0.15) is 27.7 Å². The van der Waals surface area contributed by atoms with E-state index in [0.29, 0.717) is 5.92 Å². The third-order valence-corrected chi connectivity index (χ3v) is 4.19. The van der Waals surface area contributed by atoms with Gasteiger partial charge < -0.3 is 4.43 Å². The van der Waals surface area contributed by atoms with E-state index in [1.54, 1.807) is 0 Å². The van der Waals surface area contributed by atoms with Crippen molar-refractivity contribution in [2.45, 2.75) is 32.7 Å². The van der Waals surface area contributed by atoms with Crippen LogP contribution >= 0.6 is 0 Å². The van der Waals surface area contributed by atoms with E-state index < -0.39 is 9.76 Å². The maximum Gasteiger partial charge on any atom is 0.292 e. The molecule has 2 nitrogen and oxygen atoms in total. The van der Waals surface area contributed by atoms with Crippen LogP contribution in [-0.2, 0) is 9.22 Å². The molecule has 0 aliphatic carbocycles. The van der Waals surface area contributed by atoms with E-state index in [1.165, 1.54) is 0 Å². The standard InChI is InChI=1S/C8H17O2Si/c1-6(2)8(4,5)11-10-7(3)9/h6H,3,11H2,1-2,4-5H3. The first kappa shape index (κ1) is 10.7. The van der Waals surface area contributed by atoms with E-state index in [-0.39, 0.29) is 11.0 Å². The summed E-state index contributed by atoms with van der Waals surface area (Å²) < 4.78 is 4.96. The molecule has 0 heterocycles. The summed E-state index contributed by atoms with van der Waals surface area (Å²) in [6.45, 7) is 11.7. The first-order chi connectivity index (χ1) is 4.86. The van der Waals surface area contributed by atoms with Crippen molar-refractivity contribution in [3.8, 4) is 0 Å². The van der Waals surface area contributed by atoms with Gasteiger partial charge in [0.2, 0.25) is 9.76 Å². The second-order valence-electron chi connectivity index (χ2n) is 3.80. The lowest BCUT2D eigenvalue weighted by atomic mass is 9.99. The first-order valence-electron chi connectivity index (χ1n) is 3.85. The predicted octanol–water partition coefficient (Wildman–Crippen LogP) is 1.30. The molecule has 0 unspecified atom stereocenters. The number of rotatable bonds is 3. The van der Waals surface area contributed by atoms with Gasteiger partial charge in [0.15, 0.2) is 0 Å². The monoisotopic (exact) mass is 173 g/mol. The van der Waals surface area contributed by atoms with Gasteiger partial charge in [-0.1, -0.05) is 27.7 Å². The molecule has 0 aliphatic heterocycles. The number of hydrogen-bond acceptors (Lipinski definition) is 2. The van der Waals surface area contributed by atoms with Gasteiger partial charge in [0.25, 0.3) is 5.97 Å². The average molecular weight is 173 g/mol. The van der Waals surface area contributed by atoms with Crippen molar-refractivity contribution in [2.75, 3.05) is 0 Å². The fraction of sp³-hybridized carbons (Fsp3) is 0.750. The summed E-state index contributed by atoms with van der Waals surface area (Å²) in [6, 6.07) is 0. The minimum atomic E-state index is -0.768. The minimum Gasteiger partial charge on any atom is -0.524 e. The van der Waals surface area contributed by atoms with E-state index in [0.717, 1.165) is 0 Å². The maximum atomic E-state index is 10.4. The Labute approximate surface area is 71.3 Å². The molecule has 3 heteroatoms. The van der Waals surface area contributed by atoms with Gasteiger partial charge in [-0.15, -0.1) is 0 Å². The molecule has 0 amide bonds. The molecule has 0 spiro atoms. The van der Waals surface area contributed by atoms with Gasteiger partial charge in [0.1, 0.15) is 0 Å². The fourth-order valence-electron chi connectivity index (χ4n) is 0.433. The van der Waals surface area contributed by atoms with Crippen molar-refractivity contribution in [2.24, 2.45) is 5.92 Å².